The van der Waals surface area contributed by atoms with Crippen LogP contribution in [0.3, 0.4) is 0 Å². The zero-order chi connectivity index (χ0) is 13.4. The maximum Gasteiger partial charge on any atom is 0.343 e. The maximum absolute atomic E-state index is 12.0. The Morgan fingerprint density at radius 2 is 1.83 bits per heavy atom. The molecule has 5 nitrogen and oxygen atoms in total. The van der Waals surface area contributed by atoms with E-state index >= 15 is 0 Å². The lowest BCUT2D eigenvalue weighted by Gasteiger charge is -2.27. The van der Waals surface area contributed by atoms with Gasteiger partial charge in [-0.15, -0.1) is 0 Å². The average molecular weight is 270 g/mol. The minimum atomic E-state index is -4.59. The molecule has 1 aromatic rings. The van der Waals surface area contributed by atoms with Crippen molar-refractivity contribution >= 4 is 13.6 Å². The lowest BCUT2D eigenvalue weighted by atomic mass is 10.1. The highest BCUT2D eigenvalue weighted by molar-refractivity contribution is 7.54. The molecule has 0 saturated heterocycles. The summed E-state index contributed by atoms with van der Waals surface area (Å²) in [6.45, 7) is 1.73. The van der Waals surface area contributed by atoms with E-state index in [4.69, 9.17) is 4.74 Å². The standard InChI is InChI=1S/C12H15O5P/c1-2-17-11(13)12(18(14,15)16)7-9-5-3-4-6-10(9)8-12/h3-6H,2,7-8H2,1H3,(H2,14,15,16). The van der Waals surface area contributed by atoms with Gasteiger partial charge in [0.2, 0.25) is 0 Å². The minimum absolute atomic E-state index is 0.0340. The van der Waals surface area contributed by atoms with Gasteiger partial charge in [-0.3, -0.25) is 9.36 Å². The first-order chi connectivity index (χ1) is 8.40. The summed E-state index contributed by atoms with van der Waals surface area (Å²) in [7, 11) is -4.59. The zero-order valence-corrected chi connectivity index (χ0v) is 10.9. The van der Waals surface area contributed by atoms with Gasteiger partial charge in [-0.05, 0) is 18.1 Å². The molecule has 1 aromatic carbocycles. The summed E-state index contributed by atoms with van der Waals surface area (Å²) in [5.74, 6) is -0.811. The lowest BCUT2D eigenvalue weighted by Crippen LogP contribution is -2.41. The number of hydrogen-bond donors (Lipinski definition) is 2. The van der Waals surface area contributed by atoms with Crippen LogP contribution in [0.25, 0.3) is 0 Å². The Morgan fingerprint density at radius 1 is 1.33 bits per heavy atom. The summed E-state index contributed by atoms with van der Waals surface area (Å²) in [6, 6.07) is 7.15. The van der Waals surface area contributed by atoms with Gasteiger partial charge in [0.15, 0.2) is 5.16 Å². The molecule has 0 amide bonds. The van der Waals surface area contributed by atoms with Crippen molar-refractivity contribution in [2.75, 3.05) is 6.61 Å². The molecule has 0 atom stereocenters. The fourth-order valence-electron chi connectivity index (χ4n) is 2.33. The van der Waals surface area contributed by atoms with E-state index in [2.05, 4.69) is 0 Å². The zero-order valence-electron chi connectivity index (χ0n) is 10.00. The van der Waals surface area contributed by atoms with Crippen molar-refractivity contribution in [3.63, 3.8) is 0 Å². The van der Waals surface area contributed by atoms with E-state index in [1.54, 1.807) is 31.2 Å². The van der Waals surface area contributed by atoms with Gasteiger partial charge in [0, 0.05) is 12.8 Å². The summed E-state index contributed by atoms with van der Waals surface area (Å²) in [6.07, 6.45) is 0.0680. The molecular weight excluding hydrogens is 255 g/mol. The maximum atomic E-state index is 12.0. The molecule has 0 bridgehead atoms. The molecule has 0 unspecified atom stereocenters. The fraction of sp³-hybridized carbons (Fsp3) is 0.417. The Balaban J connectivity index is 2.44. The number of benzene rings is 1. The van der Waals surface area contributed by atoms with Crippen molar-refractivity contribution in [3.8, 4) is 0 Å². The van der Waals surface area contributed by atoms with Crippen molar-refractivity contribution in [3.05, 3.63) is 35.4 Å². The average Bonchev–Trinajstić information content (AvgIpc) is 2.69. The Bertz CT molecular complexity index is 494. The largest absolute Gasteiger partial charge is 0.465 e. The normalized spacial score (nSPS) is 17.3. The SMILES string of the molecule is CCOC(=O)C1(P(=O)(O)O)Cc2ccccc2C1. The molecule has 0 fully saturated rings. The van der Waals surface area contributed by atoms with E-state index < -0.39 is 18.7 Å². The molecular formula is C12H15O5P. The van der Waals surface area contributed by atoms with Crippen LogP contribution in [0.2, 0.25) is 0 Å². The molecule has 0 aromatic heterocycles. The van der Waals surface area contributed by atoms with Crippen LogP contribution in [0, 0.1) is 0 Å². The smallest absolute Gasteiger partial charge is 0.343 e. The van der Waals surface area contributed by atoms with E-state index in [0.29, 0.717) is 0 Å². The monoisotopic (exact) mass is 270 g/mol. The molecule has 0 saturated carbocycles. The number of rotatable bonds is 3. The minimum Gasteiger partial charge on any atom is -0.465 e. The number of carbonyl (C=O) groups excluding carboxylic acids is 1. The molecule has 98 valence electrons. The van der Waals surface area contributed by atoms with Gasteiger partial charge >= 0.3 is 13.6 Å². The highest BCUT2D eigenvalue weighted by atomic mass is 31.2. The van der Waals surface area contributed by atoms with Gasteiger partial charge in [-0.25, -0.2) is 0 Å². The molecule has 0 heterocycles. The molecule has 18 heavy (non-hydrogen) atoms. The first kappa shape index (κ1) is 13.3. The summed E-state index contributed by atoms with van der Waals surface area (Å²) < 4.78 is 16.6. The molecule has 2 N–H and O–H groups in total. The third-order valence-corrected chi connectivity index (χ3v) is 4.91. The van der Waals surface area contributed by atoms with Crippen LogP contribution in [0.5, 0.6) is 0 Å². The van der Waals surface area contributed by atoms with Crippen molar-refractivity contribution in [2.24, 2.45) is 0 Å². The molecule has 0 aliphatic heterocycles. The molecule has 1 aliphatic rings. The van der Waals surface area contributed by atoms with Gasteiger partial charge in [-0.2, -0.15) is 0 Å². The lowest BCUT2D eigenvalue weighted by molar-refractivity contribution is -0.146. The van der Waals surface area contributed by atoms with Crippen molar-refractivity contribution in [2.45, 2.75) is 24.9 Å². The summed E-state index contributed by atoms with van der Waals surface area (Å²) in [5, 5.41) is -1.74. The van der Waals surface area contributed by atoms with Gasteiger partial charge in [-0.1, -0.05) is 24.3 Å². The Labute approximate surface area is 105 Å². The Kier molecular flexibility index (Phi) is 3.32. The van der Waals surface area contributed by atoms with Crippen LogP contribution in [-0.2, 0) is 26.9 Å². The van der Waals surface area contributed by atoms with Crippen molar-refractivity contribution in [1.82, 2.24) is 0 Å². The third-order valence-electron chi connectivity index (χ3n) is 3.30. The number of hydrogen-bond acceptors (Lipinski definition) is 3. The quantitative estimate of drug-likeness (QED) is 0.638. The number of fused-ring (bicyclic) bond motifs is 1. The molecule has 6 heteroatoms. The number of esters is 1. The van der Waals surface area contributed by atoms with E-state index in [9.17, 15) is 19.1 Å². The highest BCUT2D eigenvalue weighted by Gasteiger charge is 2.57. The van der Waals surface area contributed by atoms with Gasteiger partial charge in [0.05, 0.1) is 6.61 Å². The predicted octanol–water partition coefficient (Wildman–Crippen LogP) is 1.26. The van der Waals surface area contributed by atoms with E-state index in [1.165, 1.54) is 0 Å². The second kappa shape index (κ2) is 4.50. The van der Waals surface area contributed by atoms with E-state index in [0.717, 1.165) is 11.1 Å². The second-order valence-corrected chi connectivity index (χ2v) is 6.36. The van der Waals surface area contributed by atoms with E-state index in [-0.39, 0.29) is 19.4 Å². The molecule has 0 radical (unpaired) electrons. The number of ether oxygens (including phenoxy) is 1. The summed E-state index contributed by atoms with van der Waals surface area (Å²) >= 11 is 0. The summed E-state index contributed by atoms with van der Waals surface area (Å²) in [4.78, 5) is 31.1. The fourth-order valence-corrected chi connectivity index (χ4v) is 3.38. The second-order valence-electron chi connectivity index (χ2n) is 4.42. The van der Waals surface area contributed by atoms with Crippen molar-refractivity contribution in [1.29, 1.82) is 0 Å². The first-order valence-electron chi connectivity index (χ1n) is 5.70. The van der Waals surface area contributed by atoms with Crippen LogP contribution >= 0.6 is 7.60 Å². The van der Waals surface area contributed by atoms with Gasteiger partial charge < -0.3 is 14.5 Å². The molecule has 2 rings (SSSR count). The Hall–Kier alpha value is -1.16. The number of carbonyl (C=O) groups is 1. The van der Waals surface area contributed by atoms with Crippen molar-refractivity contribution < 1.29 is 23.9 Å². The first-order valence-corrected chi connectivity index (χ1v) is 7.31. The third kappa shape index (κ3) is 1.99. The molecule has 1 aliphatic carbocycles. The topological polar surface area (TPSA) is 83.8 Å². The van der Waals surface area contributed by atoms with Crippen LogP contribution in [0.1, 0.15) is 18.1 Å². The molecule has 0 spiro atoms. The van der Waals surface area contributed by atoms with Crippen LogP contribution in [0.4, 0.5) is 0 Å². The van der Waals surface area contributed by atoms with Gasteiger partial charge in [0.1, 0.15) is 0 Å². The van der Waals surface area contributed by atoms with E-state index in [1.807, 2.05) is 0 Å². The van der Waals surface area contributed by atoms with Gasteiger partial charge in [0.25, 0.3) is 0 Å². The van der Waals surface area contributed by atoms with Crippen LogP contribution in [-0.4, -0.2) is 27.5 Å². The van der Waals surface area contributed by atoms with Crippen LogP contribution in [0.15, 0.2) is 24.3 Å². The highest BCUT2D eigenvalue weighted by Crippen LogP contribution is 2.57. The predicted molar refractivity (Wildman–Crippen MR) is 65.3 cm³/mol. The summed E-state index contributed by atoms with van der Waals surface area (Å²) in [5.41, 5.74) is 1.60. The van der Waals surface area contributed by atoms with Crippen LogP contribution < -0.4 is 0 Å². The Morgan fingerprint density at radius 3 is 2.22 bits per heavy atom.